The van der Waals surface area contributed by atoms with Gasteiger partial charge in [-0.05, 0) is 35.9 Å². The Labute approximate surface area is 243 Å². The van der Waals surface area contributed by atoms with E-state index in [4.69, 9.17) is 0 Å². The van der Waals surface area contributed by atoms with E-state index >= 15 is 0 Å². The molecule has 2 heterocycles. The van der Waals surface area contributed by atoms with E-state index in [1.807, 2.05) is 0 Å². The number of hydrogen-bond acceptors (Lipinski definition) is 7. The number of nitrogens with one attached hydrogen (secondary N) is 1. The van der Waals surface area contributed by atoms with Crippen molar-refractivity contribution in [2.75, 3.05) is 10.7 Å². The topological polar surface area (TPSA) is 114 Å². The summed E-state index contributed by atoms with van der Waals surface area (Å²) in [4.78, 5) is 33.7. The average Bonchev–Trinajstić information content (AvgIpc) is 3.60. The predicted octanol–water partition coefficient (Wildman–Crippen LogP) is 5.95. The minimum Gasteiger partial charge on any atom is -0.406 e. The summed E-state index contributed by atoms with van der Waals surface area (Å²) in [7, 11) is 0. The fourth-order valence-electron chi connectivity index (χ4n) is 3.87. The first kappa shape index (κ1) is 29.4. The van der Waals surface area contributed by atoms with Gasteiger partial charge in [-0.3, -0.25) is 9.69 Å². The maximum Gasteiger partial charge on any atom is 0.573 e. The minimum atomic E-state index is -4.79. The third-order valence-electron chi connectivity index (χ3n) is 5.74. The number of halogens is 5. The van der Waals surface area contributed by atoms with E-state index in [2.05, 4.69) is 30.3 Å². The molecule has 3 aromatic carbocycles. The molecule has 0 spiro atoms. The van der Waals surface area contributed by atoms with Gasteiger partial charge in [-0.1, -0.05) is 54.2 Å². The van der Waals surface area contributed by atoms with E-state index in [-0.39, 0.29) is 27.9 Å². The van der Waals surface area contributed by atoms with Crippen LogP contribution in [0.1, 0.15) is 17.6 Å². The summed E-state index contributed by atoms with van der Waals surface area (Å²) in [6, 6.07) is 16.5. The maximum atomic E-state index is 13.4. The molecule has 0 atom stereocenters. The third-order valence-corrected chi connectivity index (χ3v) is 6.67. The second-order valence-electron chi connectivity index (χ2n) is 8.62. The minimum absolute atomic E-state index is 0.0459. The SMILES string of the molecule is O=C(/N=C1\SCC(=O)N1c1ccccc1C(F)F)N/N=C/c1ccc(-c2ncn(-c3ccc(OC(F)(F)F)cc3)n2)cc1. The number of nitrogens with zero attached hydrogens (tertiary/aromatic N) is 6. The molecule has 1 fully saturated rings. The van der Waals surface area contributed by atoms with Gasteiger partial charge in [0, 0.05) is 11.1 Å². The Kier molecular flexibility index (Phi) is 8.47. The summed E-state index contributed by atoms with van der Waals surface area (Å²) in [5.41, 5.74) is 3.50. The molecule has 1 aliphatic heterocycles. The van der Waals surface area contributed by atoms with Crippen molar-refractivity contribution in [2.24, 2.45) is 10.1 Å². The lowest BCUT2D eigenvalue weighted by Gasteiger charge is -2.19. The average molecular weight is 616 g/mol. The number of thioether (sulfide) groups is 1. The zero-order chi connectivity index (χ0) is 30.6. The summed E-state index contributed by atoms with van der Waals surface area (Å²) in [5, 5.41) is 8.13. The largest absolute Gasteiger partial charge is 0.573 e. The highest BCUT2D eigenvalue weighted by Crippen LogP contribution is 2.34. The van der Waals surface area contributed by atoms with Crippen LogP contribution in [0.3, 0.4) is 0 Å². The Balaban J connectivity index is 1.21. The number of carbonyl (C=O) groups excluding carboxylic acids is 2. The molecule has 1 aliphatic rings. The Morgan fingerprint density at radius 1 is 1.05 bits per heavy atom. The number of amidine groups is 1. The van der Waals surface area contributed by atoms with Gasteiger partial charge in [0.2, 0.25) is 5.91 Å². The molecule has 0 saturated carbocycles. The Bertz CT molecular complexity index is 1690. The van der Waals surface area contributed by atoms with Crippen LogP contribution in [-0.2, 0) is 4.79 Å². The molecular weight excluding hydrogens is 597 g/mol. The molecule has 1 aromatic heterocycles. The number of carbonyl (C=O) groups is 2. The number of amides is 3. The number of alkyl halides is 5. The molecule has 0 bridgehead atoms. The van der Waals surface area contributed by atoms with Crippen LogP contribution < -0.4 is 15.1 Å². The van der Waals surface area contributed by atoms with Crippen molar-refractivity contribution in [1.82, 2.24) is 20.2 Å². The number of hydrazone groups is 1. The molecule has 16 heteroatoms. The van der Waals surface area contributed by atoms with E-state index < -0.39 is 24.7 Å². The van der Waals surface area contributed by atoms with Crippen LogP contribution in [0.2, 0.25) is 0 Å². The van der Waals surface area contributed by atoms with E-state index in [0.29, 0.717) is 22.6 Å². The fraction of sp³-hybridized carbons (Fsp3) is 0.111. The van der Waals surface area contributed by atoms with Crippen molar-refractivity contribution >= 4 is 40.8 Å². The molecule has 220 valence electrons. The normalized spacial score (nSPS) is 14.7. The Hall–Kier alpha value is -5.12. The van der Waals surface area contributed by atoms with Crippen molar-refractivity contribution in [3.63, 3.8) is 0 Å². The Morgan fingerprint density at radius 3 is 2.47 bits per heavy atom. The van der Waals surface area contributed by atoms with Gasteiger partial charge in [-0.25, -0.2) is 28.7 Å². The van der Waals surface area contributed by atoms with Gasteiger partial charge in [-0.2, -0.15) is 10.1 Å². The van der Waals surface area contributed by atoms with Crippen molar-refractivity contribution < 1.29 is 36.3 Å². The van der Waals surface area contributed by atoms with Crippen molar-refractivity contribution in [1.29, 1.82) is 0 Å². The Morgan fingerprint density at radius 2 is 1.77 bits per heavy atom. The van der Waals surface area contributed by atoms with Crippen LogP contribution in [-0.4, -0.2) is 50.2 Å². The lowest BCUT2D eigenvalue weighted by Crippen LogP contribution is -2.31. The zero-order valence-electron chi connectivity index (χ0n) is 21.6. The second kappa shape index (κ2) is 12.4. The lowest BCUT2D eigenvalue weighted by molar-refractivity contribution is -0.274. The molecule has 0 radical (unpaired) electrons. The molecule has 43 heavy (non-hydrogen) atoms. The van der Waals surface area contributed by atoms with E-state index in [0.717, 1.165) is 28.8 Å². The second-order valence-corrected chi connectivity index (χ2v) is 9.57. The van der Waals surface area contributed by atoms with Crippen LogP contribution in [0.4, 0.5) is 32.4 Å². The van der Waals surface area contributed by atoms with Gasteiger partial charge >= 0.3 is 12.4 Å². The van der Waals surface area contributed by atoms with Crippen LogP contribution >= 0.6 is 11.8 Å². The number of anilines is 1. The quantitative estimate of drug-likeness (QED) is 0.156. The molecule has 10 nitrogen and oxygen atoms in total. The summed E-state index contributed by atoms with van der Waals surface area (Å²) < 4.78 is 69.2. The summed E-state index contributed by atoms with van der Waals surface area (Å²) >= 11 is 0.943. The molecule has 0 unspecified atom stereocenters. The third kappa shape index (κ3) is 7.21. The number of aromatic nitrogens is 3. The smallest absolute Gasteiger partial charge is 0.406 e. The number of hydrogen-bond donors (Lipinski definition) is 1. The maximum absolute atomic E-state index is 13.4. The molecular formula is C27H18F5N7O3S. The van der Waals surface area contributed by atoms with Crippen molar-refractivity contribution in [3.05, 3.63) is 90.3 Å². The number of para-hydroxylation sites is 1. The number of urea groups is 1. The number of benzene rings is 3. The standard InChI is InChI=1S/C27H18F5N7O3S/c28-23(29)20-3-1-2-4-21(20)39-22(40)14-43-26(39)35-25(41)36-34-13-16-5-7-17(8-6-16)24-33-15-38(37-24)18-9-11-19(12-10-18)42-27(30,31)32/h1-13,15,23H,14H2,(H,36,41)/b34-13+,35-26-. The lowest BCUT2D eigenvalue weighted by atomic mass is 10.1. The van der Waals surface area contributed by atoms with Crippen LogP contribution in [0, 0.1) is 0 Å². The highest BCUT2D eigenvalue weighted by molar-refractivity contribution is 8.15. The number of aliphatic imine (C=N–C) groups is 1. The molecule has 0 aliphatic carbocycles. The van der Waals surface area contributed by atoms with Gasteiger partial charge in [0.1, 0.15) is 12.1 Å². The monoisotopic (exact) mass is 615 g/mol. The van der Waals surface area contributed by atoms with Crippen LogP contribution in [0.25, 0.3) is 17.1 Å². The fourth-order valence-corrected chi connectivity index (χ4v) is 4.73. The first-order chi connectivity index (χ1) is 20.6. The molecule has 5 rings (SSSR count). The first-order valence-electron chi connectivity index (χ1n) is 12.2. The van der Waals surface area contributed by atoms with Crippen molar-refractivity contribution in [3.8, 4) is 22.8 Å². The van der Waals surface area contributed by atoms with Gasteiger partial charge in [-0.15, -0.1) is 18.3 Å². The summed E-state index contributed by atoms with van der Waals surface area (Å²) in [6.45, 7) is 0. The number of rotatable bonds is 7. The van der Waals surface area contributed by atoms with Gasteiger partial charge in [0.15, 0.2) is 11.0 Å². The van der Waals surface area contributed by atoms with Crippen molar-refractivity contribution in [2.45, 2.75) is 12.8 Å². The molecule has 3 amide bonds. The van der Waals surface area contributed by atoms with Crippen LogP contribution in [0.15, 0.2) is 89.2 Å². The summed E-state index contributed by atoms with van der Waals surface area (Å²) in [6.07, 6.45) is -4.86. The van der Waals surface area contributed by atoms with Gasteiger partial charge in [0.25, 0.3) is 6.43 Å². The van der Waals surface area contributed by atoms with Crippen LogP contribution in [0.5, 0.6) is 5.75 Å². The molecule has 4 aromatic rings. The van der Waals surface area contributed by atoms with E-state index in [9.17, 15) is 31.5 Å². The highest BCUT2D eigenvalue weighted by Gasteiger charge is 2.33. The van der Waals surface area contributed by atoms with E-state index in [1.54, 1.807) is 24.3 Å². The highest BCUT2D eigenvalue weighted by atomic mass is 32.2. The summed E-state index contributed by atoms with van der Waals surface area (Å²) in [5.74, 6) is -0.552. The van der Waals surface area contributed by atoms with Gasteiger partial charge in [0.05, 0.1) is 23.3 Å². The predicted molar refractivity (Wildman–Crippen MR) is 148 cm³/mol. The van der Waals surface area contributed by atoms with E-state index in [1.165, 1.54) is 53.6 Å². The first-order valence-corrected chi connectivity index (χ1v) is 13.2. The van der Waals surface area contributed by atoms with Gasteiger partial charge < -0.3 is 4.74 Å². The molecule has 1 N–H and O–H groups in total. The number of ether oxygens (including phenoxy) is 1. The zero-order valence-corrected chi connectivity index (χ0v) is 22.4. The molecule has 1 saturated heterocycles.